The van der Waals surface area contributed by atoms with Crippen molar-refractivity contribution in [3.05, 3.63) is 173 Å². The lowest BCUT2D eigenvalue weighted by Crippen LogP contribution is -2.61. The SMILES string of the molecule is CC(C)c1cc2c3c(c1)N(c1ccc(C(C)(C)C)cc1-c1cccc(-c4ccccc4)c1)c1cc4c(cc1B3c1ccc(C(C)(C)C)cc1N2c1cccc(C(C)(C)C)c1)C(C)(C)CC4(C)C. The zero-order valence-corrected chi connectivity index (χ0v) is 43.0. The summed E-state index contributed by atoms with van der Waals surface area (Å²) in [6.07, 6.45) is 1.11. The summed E-state index contributed by atoms with van der Waals surface area (Å²) in [6.45, 7) is 35.7. The van der Waals surface area contributed by atoms with Crippen LogP contribution in [-0.4, -0.2) is 6.71 Å². The van der Waals surface area contributed by atoms with E-state index in [9.17, 15) is 0 Å². The largest absolute Gasteiger partial charge is 0.311 e. The minimum Gasteiger partial charge on any atom is -0.311 e. The molecule has 67 heavy (non-hydrogen) atoms. The molecule has 0 radical (unpaired) electrons. The third-order valence-electron chi connectivity index (χ3n) is 15.5. The molecule has 0 saturated carbocycles. The van der Waals surface area contributed by atoms with Crippen molar-refractivity contribution in [3.63, 3.8) is 0 Å². The van der Waals surface area contributed by atoms with Crippen LogP contribution in [0.5, 0.6) is 0 Å². The minimum absolute atomic E-state index is 0.00619. The number of fused-ring (bicyclic) bond motifs is 5. The highest BCUT2D eigenvalue weighted by atomic mass is 15.2. The molecule has 0 spiro atoms. The number of benzene rings is 7. The quantitative estimate of drug-likeness (QED) is 0.159. The van der Waals surface area contributed by atoms with Gasteiger partial charge in [-0.1, -0.05) is 189 Å². The molecule has 2 nitrogen and oxygen atoms in total. The molecule has 0 amide bonds. The Hall–Kier alpha value is -5.80. The van der Waals surface area contributed by atoms with Gasteiger partial charge in [0.25, 0.3) is 6.71 Å². The number of hydrogen-bond donors (Lipinski definition) is 0. The molecule has 7 aromatic carbocycles. The van der Waals surface area contributed by atoms with Gasteiger partial charge < -0.3 is 9.80 Å². The van der Waals surface area contributed by atoms with Crippen LogP contribution in [0.3, 0.4) is 0 Å². The van der Waals surface area contributed by atoms with E-state index in [-0.39, 0.29) is 33.8 Å². The Morgan fingerprint density at radius 3 is 1.66 bits per heavy atom. The van der Waals surface area contributed by atoms with Crippen molar-refractivity contribution in [1.82, 2.24) is 0 Å². The lowest BCUT2D eigenvalue weighted by Gasteiger charge is -2.46. The van der Waals surface area contributed by atoms with E-state index in [0.717, 1.165) is 6.42 Å². The molecule has 1 aliphatic carbocycles. The van der Waals surface area contributed by atoms with Crippen molar-refractivity contribution in [2.45, 2.75) is 143 Å². The van der Waals surface area contributed by atoms with Crippen LogP contribution in [0.25, 0.3) is 22.3 Å². The summed E-state index contributed by atoms with van der Waals surface area (Å²) in [4.78, 5) is 5.34. The summed E-state index contributed by atoms with van der Waals surface area (Å²) in [6, 6.07) is 54.7. The van der Waals surface area contributed by atoms with E-state index in [0.29, 0.717) is 5.92 Å². The second kappa shape index (κ2) is 15.4. The third kappa shape index (κ3) is 7.56. The zero-order valence-electron chi connectivity index (χ0n) is 43.0. The van der Waals surface area contributed by atoms with Crippen LogP contribution in [-0.2, 0) is 27.1 Å². The maximum absolute atomic E-state index is 2.70. The molecule has 0 N–H and O–H groups in total. The summed E-state index contributed by atoms with van der Waals surface area (Å²) in [7, 11) is 0. The molecule has 2 heterocycles. The van der Waals surface area contributed by atoms with Crippen LogP contribution in [0.15, 0.2) is 140 Å². The molecule has 3 heteroatoms. The van der Waals surface area contributed by atoms with Crippen LogP contribution in [0.2, 0.25) is 0 Å². The number of hydrogen-bond acceptors (Lipinski definition) is 2. The highest BCUT2D eigenvalue weighted by molar-refractivity contribution is 7.00. The maximum atomic E-state index is 2.70. The first-order chi connectivity index (χ1) is 31.4. The molecule has 0 saturated heterocycles. The van der Waals surface area contributed by atoms with Crippen molar-refractivity contribution < 1.29 is 0 Å². The minimum atomic E-state index is -0.0416. The van der Waals surface area contributed by atoms with Crippen molar-refractivity contribution >= 4 is 57.2 Å². The Morgan fingerprint density at radius 1 is 0.448 bits per heavy atom. The molecule has 0 fully saturated rings. The van der Waals surface area contributed by atoms with E-state index >= 15 is 0 Å². The van der Waals surface area contributed by atoms with Gasteiger partial charge in [0.05, 0.1) is 5.69 Å². The number of rotatable bonds is 5. The van der Waals surface area contributed by atoms with E-state index in [1.54, 1.807) is 0 Å². The molecule has 0 unspecified atom stereocenters. The summed E-state index contributed by atoms with van der Waals surface area (Å²) in [5.74, 6) is 0.304. The van der Waals surface area contributed by atoms with Crippen LogP contribution in [0.4, 0.5) is 34.1 Å². The second-order valence-electron chi connectivity index (χ2n) is 24.9. The smallest absolute Gasteiger partial charge is 0.252 e. The Labute approximate surface area is 403 Å². The highest BCUT2D eigenvalue weighted by Gasteiger charge is 2.48. The fourth-order valence-corrected chi connectivity index (χ4v) is 11.8. The molecule has 3 aliphatic rings. The third-order valence-corrected chi connectivity index (χ3v) is 15.5. The normalized spacial score (nSPS) is 15.9. The van der Waals surface area contributed by atoms with Gasteiger partial charge in [-0.15, -0.1) is 0 Å². The van der Waals surface area contributed by atoms with Gasteiger partial charge in [0.1, 0.15) is 0 Å². The van der Waals surface area contributed by atoms with E-state index in [2.05, 4.69) is 253 Å². The predicted octanol–water partition coefficient (Wildman–Crippen LogP) is 16.1. The van der Waals surface area contributed by atoms with Gasteiger partial charge in [0.15, 0.2) is 0 Å². The second-order valence-corrected chi connectivity index (χ2v) is 24.9. The topological polar surface area (TPSA) is 6.48 Å². The fourth-order valence-electron chi connectivity index (χ4n) is 11.8. The first-order valence-corrected chi connectivity index (χ1v) is 24.9. The van der Waals surface area contributed by atoms with Gasteiger partial charge >= 0.3 is 0 Å². The van der Waals surface area contributed by atoms with Gasteiger partial charge in [-0.25, -0.2) is 0 Å². The Morgan fingerprint density at radius 2 is 1.00 bits per heavy atom. The molecule has 0 bridgehead atoms. The molecule has 7 aromatic rings. The maximum Gasteiger partial charge on any atom is 0.252 e. The highest BCUT2D eigenvalue weighted by Crippen LogP contribution is 2.54. The molecule has 0 aromatic heterocycles. The Kier molecular flexibility index (Phi) is 10.3. The summed E-state index contributed by atoms with van der Waals surface area (Å²) >= 11 is 0. The van der Waals surface area contributed by atoms with Gasteiger partial charge in [0.2, 0.25) is 0 Å². The van der Waals surface area contributed by atoms with Gasteiger partial charge in [-0.3, -0.25) is 0 Å². The van der Waals surface area contributed by atoms with Crippen LogP contribution >= 0.6 is 0 Å². The Balaban J connectivity index is 1.35. The van der Waals surface area contributed by atoms with Crippen LogP contribution in [0, 0.1) is 0 Å². The molecule has 340 valence electrons. The van der Waals surface area contributed by atoms with Gasteiger partial charge in [-0.05, 0) is 160 Å². The van der Waals surface area contributed by atoms with Crippen molar-refractivity contribution in [2.24, 2.45) is 0 Å². The average Bonchev–Trinajstić information content (AvgIpc) is 3.45. The van der Waals surface area contributed by atoms with Crippen molar-refractivity contribution in [1.29, 1.82) is 0 Å². The standard InChI is InChI=1S/C64H71BN2/c1-40(2)44-32-57-59-58(33-44)67(54-30-28-46(61(6,7)8)35-49(54)43-24-19-23-42(31-43)41-21-17-16-18-22-41)56-38-51-50(63(12,13)39-64(51,14)15)37-53(56)65(59)52-29-27-47(62(9,10)11)36-55(52)66(57)48-26-20-25-45(34-48)60(3,4)5/h16-38,40H,39H2,1-15H3. The van der Waals surface area contributed by atoms with Crippen molar-refractivity contribution in [3.8, 4) is 22.3 Å². The molecular formula is C64H71BN2. The summed E-state index contributed by atoms with van der Waals surface area (Å²) < 4.78 is 0. The van der Waals surface area contributed by atoms with Crippen LogP contribution in [0.1, 0.15) is 150 Å². The zero-order chi connectivity index (χ0) is 47.7. The first kappa shape index (κ1) is 45.0. The molecule has 2 aliphatic heterocycles. The average molecular weight is 879 g/mol. The fraction of sp³-hybridized carbons (Fsp3) is 0.344. The lowest BCUT2D eigenvalue weighted by atomic mass is 9.33. The molecular weight excluding hydrogens is 808 g/mol. The van der Waals surface area contributed by atoms with Gasteiger partial charge in [0, 0.05) is 34.0 Å². The van der Waals surface area contributed by atoms with Crippen LogP contribution < -0.4 is 26.2 Å². The van der Waals surface area contributed by atoms with E-state index in [4.69, 9.17) is 0 Å². The predicted molar refractivity (Wildman–Crippen MR) is 292 cm³/mol. The Bertz CT molecular complexity index is 3090. The molecule has 0 atom stereocenters. The number of nitrogens with zero attached hydrogens (tertiary/aromatic N) is 2. The molecule has 10 rings (SSSR count). The monoisotopic (exact) mass is 879 g/mol. The summed E-state index contributed by atoms with van der Waals surface area (Å²) in [5.41, 5.74) is 25.0. The lowest BCUT2D eigenvalue weighted by molar-refractivity contribution is 0.403. The van der Waals surface area contributed by atoms with E-state index < -0.39 is 0 Å². The first-order valence-electron chi connectivity index (χ1n) is 24.9. The van der Waals surface area contributed by atoms with E-state index in [1.807, 2.05) is 0 Å². The van der Waals surface area contributed by atoms with Gasteiger partial charge in [-0.2, -0.15) is 0 Å². The van der Waals surface area contributed by atoms with E-state index in [1.165, 1.54) is 106 Å². The number of anilines is 6. The van der Waals surface area contributed by atoms with Crippen molar-refractivity contribution in [2.75, 3.05) is 9.80 Å². The summed E-state index contributed by atoms with van der Waals surface area (Å²) in [5, 5.41) is 0.